The summed E-state index contributed by atoms with van der Waals surface area (Å²) in [6.45, 7) is 6.93. The summed E-state index contributed by atoms with van der Waals surface area (Å²) < 4.78 is 0. The second kappa shape index (κ2) is 7.36. The molecule has 2 rings (SSSR count). The van der Waals surface area contributed by atoms with E-state index >= 15 is 0 Å². The van der Waals surface area contributed by atoms with Crippen LogP contribution in [0.2, 0.25) is 0 Å². The van der Waals surface area contributed by atoms with Crippen LogP contribution in [0, 0.1) is 13.8 Å². The van der Waals surface area contributed by atoms with Gasteiger partial charge < -0.3 is 5.32 Å². The van der Waals surface area contributed by atoms with E-state index in [0.717, 1.165) is 40.5 Å². The first-order valence-corrected chi connectivity index (χ1v) is 8.22. The number of nitrogens with zero attached hydrogens (tertiary/aromatic N) is 1. The number of nitrogens with one attached hydrogen (secondary N) is 1. The van der Waals surface area contributed by atoms with Gasteiger partial charge in [0.1, 0.15) is 0 Å². The van der Waals surface area contributed by atoms with Crippen LogP contribution >= 0.6 is 11.3 Å². The number of hydrogen-bond acceptors (Lipinski definition) is 3. The fourth-order valence-corrected chi connectivity index (χ4v) is 3.10. The molecular formula is C17H22N2OS. The third-order valence-electron chi connectivity index (χ3n) is 3.30. The zero-order valence-corrected chi connectivity index (χ0v) is 13.7. The first kappa shape index (κ1) is 15.7. The Morgan fingerprint density at radius 3 is 2.62 bits per heavy atom. The summed E-state index contributed by atoms with van der Waals surface area (Å²) in [5, 5.41) is 3.97. The van der Waals surface area contributed by atoms with E-state index in [-0.39, 0.29) is 5.91 Å². The molecule has 1 aromatic carbocycles. The smallest absolute Gasteiger partial charge is 0.225 e. The first-order valence-electron chi connectivity index (χ1n) is 7.40. The molecule has 112 valence electrons. The summed E-state index contributed by atoms with van der Waals surface area (Å²) in [5.74, 6) is 0.0838. The van der Waals surface area contributed by atoms with Crippen molar-refractivity contribution in [3.05, 3.63) is 39.7 Å². The Labute approximate surface area is 130 Å². The predicted molar refractivity (Wildman–Crippen MR) is 88.6 cm³/mol. The highest BCUT2D eigenvalue weighted by Gasteiger charge is 2.14. The standard InChI is InChI=1S/C17H22N2OS/c1-4-5-10-18-16(20)11-15-17(19-13(3)21-15)14-8-6-12(2)7-9-14/h6-9H,4-5,10-11H2,1-3H3,(H,18,20). The number of rotatable bonds is 6. The van der Waals surface area contributed by atoms with Crippen molar-refractivity contribution in [3.63, 3.8) is 0 Å². The van der Waals surface area contributed by atoms with Crippen molar-refractivity contribution in [2.24, 2.45) is 0 Å². The van der Waals surface area contributed by atoms with Crippen molar-refractivity contribution < 1.29 is 4.79 Å². The third-order valence-corrected chi connectivity index (χ3v) is 4.27. The quantitative estimate of drug-likeness (QED) is 0.823. The fourth-order valence-electron chi connectivity index (χ4n) is 2.14. The molecule has 0 radical (unpaired) electrons. The lowest BCUT2D eigenvalue weighted by Gasteiger charge is -2.05. The largest absolute Gasteiger partial charge is 0.356 e. The predicted octanol–water partition coefficient (Wildman–Crippen LogP) is 3.89. The topological polar surface area (TPSA) is 42.0 Å². The van der Waals surface area contributed by atoms with E-state index in [1.165, 1.54) is 5.56 Å². The van der Waals surface area contributed by atoms with E-state index < -0.39 is 0 Å². The summed E-state index contributed by atoms with van der Waals surface area (Å²) in [5.41, 5.74) is 3.26. The Morgan fingerprint density at radius 1 is 1.24 bits per heavy atom. The van der Waals surface area contributed by atoms with Gasteiger partial charge in [-0.15, -0.1) is 11.3 Å². The molecule has 1 heterocycles. The minimum atomic E-state index is 0.0838. The molecule has 1 aromatic heterocycles. The van der Waals surface area contributed by atoms with Crippen LogP contribution in [0.4, 0.5) is 0 Å². The molecular weight excluding hydrogens is 280 g/mol. The summed E-state index contributed by atoms with van der Waals surface area (Å²) in [7, 11) is 0. The molecule has 1 N–H and O–H groups in total. The minimum absolute atomic E-state index is 0.0838. The second-order valence-corrected chi connectivity index (χ2v) is 6.54. The van der Waals surface area contributed by atoms with E-state index in [2.05, 4.69) is 48.4 Å². The highest BCUT2D eigenvalue weighted by atomic mass is 32.1. The fraction of sp³-hybridized carbons (Fsp3) is 0.412. The maximum absolute atomic E-state index is 12.0. The van der Waals surface area contributed by atoms with Gasteiger partial charge in [-0.05, 0) is 20.3 Å². The van der Waals surface area contributed by atoms with E-state index in [4.69, 9.17) is 0 Å². The van der Waals surface area contributed by atoms with Crippen molar-refractivity contribution in [1.82, 2.24) is 10.3 Å². The maximum atomic E-state index is 12.0. The molecule has 0 saturated carbocycles. The van der Waals surface area contributed by atoms with E-state index in [9.17, 15) is 4.79 Å². The molecule has 0 unspecified atom stereocenters. The zero-order chi connectivity index (χ0) is 15.2. The van der Waals surface area contributed by atoms with Gasteiger partial charge in [-0.25, -0.2) is 4.98 Å². The number of thiazole rings is 1. The van der Waals surface area contributed by atoms with Crippen LogP contribution in [0.3, 0.4) is 0 Å². The molecule has 0 saturated heterocycles. The van der Waals surface area contributed by atoms with Gasteiger partial charge in [0.15, 0.2) is 0 Å². The van der Waals surface area contributed by atoms with Crippen LogP contribution in [-0.4, -0.2) is 17.4 Å². The van der Waals surface area contributed by atoms with Crippen molar-refractivity contribution in [2.75, 3.05) is 6.54 Å². The van der Waals surface area contributed by atoms with Gasteiger partial charge in [-0.3, -0.25) is 4.79 Å². The van der Waals surface area contributed by atoms with Crippen LogP contribution in [0.25, 0.3) is 11.3 Å². The average Bonchev–Trinajstić information content (AvgIpc) is 2.80. The highest BCUT2D eigenvalue weighted by Crippen LogP contribution is 2.28. The molecule has 0 aliphatic heterocycles. The van der Waals surface area contributed by atoms with Crippen molar-refractivity contribution >= 4 is 17.2 Å². The van der Waals surface area contributed by atoms with Gasteiger partial charge >= 0.3 is 0 Å². The van der Waals surface area contributed by atoms with Gasteiger partial charge in [-0.2, -0.15) is 0 Å². The first-order chi connectivity index (χ1) is 10.1. The average molecular weight is 302 g/mol. The minimum Gasteiger partial charge on any atom is -0.356 e. The van der Waals surface area contributed by atoms with Crippen molar-refractivity contribution in [1.29, 1.82) is 0 Å². The molecule has 3 nitrogen and oxygen atoms in total. The summed E-state index contributed by atoms with van der Waals surface area (Å²) in [4.78, 5) is 17.6. The summed E-state index contributed by atoms with van der Waals surface area (Å²) >= 11 is 1.61. The molecule has 0 aliphatic rings. The van der Waals surface area contributed by atoms with E-state index in [0.29, 0.717) is 6.42 Å². The number of aromatic nitrogens is 1. The molecule has 0 bridgehead atoms. The third kappa shape index (κ3) is 4.39. The van der Waals surface area contributed by atoms with Crippen LogP contribution in [-0.2, 0) is 11.2 Å². The number of unbranched alkanes of at least 4 members (excludes halogenated alkanes) is 1. The van der Waals surface area contributed by atoms with E-state index in [1.54, 1.807) is 11.3 Å². The monoisotopic (exact) mass is 302 g/mol. The number of benzene rings is 1. The number of carbonyl (C=O) groups is 1. The number of aryl methyl sites for hydroxylation is 2. The van der Waals surface area contributed by atoms with Crippen LogP contribution in [0.5, 0.6) is 0 Å². The molecule has 0 atom stereocenters. The Balaban J connectivity index is 2.13. The molecule has 4 heteroatoms. The number of hydrogen-bond donors (Lipinski definition) is 1. The Kier molecular flexibility index (Phi) is 5.51. The SMILES string of the molecule is CCCCNC(=O)Cc1sc(C)nc1-c1ccc(C)cc1. The van der Waals surface area contributed by atoms with Crippen LogP contribution in [0.15, 0.2) is 24.3 Å². The lowest BCUT2D eigenvalue weighted by molar-refractivity contribution is -0.120. The lowest BCUT2D eigenvalue weighted by atomic mass is 10.1. The molecule has 0 fully saturated rings. The van der Waals surface area contributed by atoms with Gasteiger partial charge in [0.05, 0.1) is 17.1 Å². The molecule has 2 aromatic rings. The number of carbonyl (C=O) groups excluding carboxylic acids is 1. The van der Waals surface area contributed by atoms with Gasteiger partial charge in [0.2, 0.25) is 5.91 Å². The number of amides is 1. The lowest BCUT2D eigenvalue weighted by Crippen LogP contribution is -2.25. The highest BCUT2D eigenvalue weighted by molar-refractivity contribution is 7.12. The molecule has 0 aliphatic carbocycles. The molecule has 21 heavy (non-hydrogen) atoms. The maximum Gasteiger partial charge on any atom is 0.225 e. The van der Waals surface area contributed by atoms with Crippen molar-refractivity contribution in [3.8, 4) is 11.3 Å². The molecule has 0 spiro atoms. The Bertz CT molecular complexity index is 602. The Morgan fingerprint density at radius 2 is 1.95 bits per heavy atom. The van der Waals surface area contributed by atoms with E-state index in [1.807, 2.05) is 6.92 Å². The normalized spacial score (nSPS) is 10.6. The Hall–Kier alpha value is -1.68. The van der Waals surface area contributed by atoms with Crippen molar-refractivity contribution in [2.45, 2.75) is 40.0 Å². The van der Waals surface area contributed by atoms with Gasteiger partial charge in [0.25, 0.3) is 0 Å². The van der Waals surface area contributed by atoms with Crippen LogP contribution < -0.4 is 5.32 Å². The van der Waals surface area contributed by atoms with Crippen LogP contribution in [0.1, 0.15) is 35.2 Å². The molecule has 1 amide bonds. The second-order valence-electron chi connectivity index (χ2n) is 5.25. The summed E-state index contributed by atoms with van der Waals surface area (Å²) in [6, 6.07) is 8.30. The summed E-state index contributed by atoms with van der Waals surface area (Å²) in [6.07, 6.45) is 2.53. The van der Waals surface area contributed by atoms with Gasteiger partial charge in [-0.1, -0.05) is 43.2 Å². The van der Waals surface area contributed by atoms with Gasteiger partial charge in [0, 0.05) is 17.0 Å². The zero-order valence-electron chi connectivity index (χ0n) is 12.9.